The van der Waals surface area contributed by atoms with Crippen molar-refractivity contribution in [2.24, 2.45) is 5.92 Å². The number of hydrogen-bond acceptors (Lipinski definition) is 3. The highest BCUT2D eigenvalue weighted by Gasteiger charge is 2.27. The normalized spacial score (nSPS) is 15.8. The third kappa shape index (κ3) is 8.42. The van der Waals surface area contributed by atoms with Crippen LogP contribution in [0, 0.1) is 5.92 Å². The Kier molecular flexibility index (Phi) is 13.7. The van der Waals surface area contributed by atoms with Crippen LogP contribution in [0.4, 0.5) is 20.6 Å². The van der Waals surface area contributed by atoms with Gasteiger partial charge in [-0.1, -0.05) is 53.9 Å². The lowest BCUT2D eigenvalue weighted by Crippen LogP contribution is -2.49. The molecular weight excluding hydrogens is 369 g/mol. The number of unbranched alkanes of at least 4 members (excludes halogenated alkanes) is 2. The second-order valence-corrected chi connectivity index (χ2v) is 7.25. The Bertz CT molecular complexity index is 593. The number of amides is 3. The van der Waals surface area contributed by atoms with Crippen molar-refractivity contribution < 1.29 is 15.4 Å². The number of nitrogens with zero attached hydrogens (tertiary/aromatic N) is 2. The second kappa shape index (κ2) is 14.8. The van der Waals surface area contributed by atoms with Crippen LogP contribution in [0.5, 0.6) is 0 Å². The van der Waals surface area contributed by atoms with Crippen molar-refractivity contribution in [3.63, 3.8) is 0 Å². The van der Waals surface area contributed by atoms with Gasteiger partial charge in [-0.15, -0.1) is 0 Å². The van der Waals surface area contributed by atoms with Gasteiger partial charge >= 0.3 is 6.03 Å². The number of carbonyl (C=O) groups excluding carboxylic acids is 2. The lowest BCUT2D eigenvalue weighted by molar-refractivity contribution is -0.120. The Balaban J connectivity index is 0. The lowest BCUT2D eigenvalue weighted by Gasteiger charge is -2.41. The van der Waals surface area contributed by atoms with Gasteiger partial charge in [0, 0.05) is 38.9 Å². The van der Waals surface area contributed by atoms with E-state index in [9.17, 15) is 14.0 Å². The molecule has 2 heterocycles. The molecule has 1 aromatic rings. The molecule has 0 atom stereocenters. The highest BCUT2D eigenvalue weighted by atomic mass is 19.1. The molecular formula is C23H42FN3O2. The van der Waals surface area contributed by atoms with Crippen molar-refractivity contribution in [3.05, 3.63) is 24.3 Å². The number of urea groups is 1. The molecule has 0 aliphatic carbocycles. The summed E-state index contributed by atoms with van der Waals surface area (Å²) >= 11 is 0. The molecule has 0 bridgehead atoms. The largest absolute Gasteiger partial charge is 0.371 e. The fourth-order valence-electron chi connectivity index (χ4n) is 3.30. The SMILES string of the molecule is C.CCC.CCCCCC1CN(c2ccc(N3CCC(=O)NC3=O)cc2)C1.CF.[HH]. The monoisotopic (exact) mass is 411 g/mol. The maximum absolute atomic E-state index is 11.8. The quantitative estimate of drug-likeness (QED) is 0.581. The van der Waals surface area contributed by atoms with Gasteiger partial charge in [-0.2, -0.15) is 0 Å². The van der Waals surface area contributed by atoms with Crippen LogP contribution in [0.25, 0.3) is 0 Å². The smallest absolute Gasteiger partial charge is 0.328 e. The van der Waals surface area contributed by atoms with Crippen LogP contribution in [-0.4, -0.2) is 38.8 Å². The molecule has 0 saturated carbocycles. The first-order chi connectivity index (χ1) is 13.6. The number of halogens is 1. The molecule has 0 aromatic heterocycles. The molecule has 1 aromatic carbocycles. The Morgan fingerprint density at radius 1 is 1.03 bits per heavy atom. The van der Waals surface area contributed by atoms with Crippen LogP contribution >= 0.6 is 0 Å². The van der Waals surface area contributed by atoms with Gasteiger partial charge in [-0.25, -0.2) is 4.79 Å². The van der Waals surface area contributed by atoms with Crippen molar-refractivity contribution in [1.82, 2.24) is 5.32 Å². The minimum absolute atomic E-state index is 0. The minimum Gasteiger partial charge on any atom is -0.371 e. The van der Waals surface area contributed by atoms with Crippen molar-refractivity contribution in [2.75, 3.05) is 36.6 Å². The van der Waals surface area contributed by atoms with Gasteiger partial charge in [0.05, 0.1) is 7.18 Å². The fraction of sp³-hybridized carbons (Fsp3) is 0.652. The number of rotatable bonds is 6. The third-order valence-corrected chi connectivity index (χ3v) is 4.75. The molecule has 29 heavy (non-hydrogen) atoms. The summed E-state index contributed by atoms with van der Waals surface area (Å²) in [5.74, 6) is 0.637. The predicted molar refractivity (Wildman–Crippen MR) is 124 cm³/mol. The fourth-order valence-corrected chi connectivity index (χ4v) is 3.30. The maximum atomic E-state index is 11.8. The Morgan fingerprint density at radius 3 is 2.10 bits per heavy atom. The number of imide groups is 1. The highest BCUT2D eigenvalue weighted by molar-refractivity contribution is 6.05. The van der Waals surface area contributed by atoms with Crippen LogP contribution in [0.3, 0.4) is 0 Å². The van der Waals surface area contributed by atoms with Gasteiger partial charge in [0.1, 0.15) is 0 Å². The maximum Gasteiger partial charge on any atom is 0.328 e. The van der Waals surface area contributed by atoms with Gasteiger partial charge in [0.25, 0.3) is 0 Å². The van der Waals surface area contributed by atoms with E-state index in [4.69, 9.17) is 0 Å². The summed E-state index contributed by atoms with van der Waals surface area (Å²) in [5.41, 5.74) is 2.06. The van der Waals surface area contributed by atoms with Crippen LogP contribution in [0.1, 0.15) is 68.1 Å². The summed E-state index contributed by atoms with van der Waals surface area (Å²) in [6.07, 6.45) is 6.92. The zero-order chi connectivity index (χ0) is 20.9. The number of alkyl halides is 1. The van der Waals surface area contributed by atoms with Crippen molar-refractivity contribution in [3.8, 4) is 0 Å². The Labute approximate surface area is 178 Å². The molecule has 2 aliphatic rings. The first-order valence-electron chi connectivity index (χ1n) is 10.4. The molecule has 0 spiro atoms. The van der Waals surface area contributed by atoms with E-state index in [1.165, 1.54) is 37.8 Å². The highest BCUT2D eigenvalue weighted by Crippen LogP contribution is 2.29. The molecule has 2 saturated heterocycles. The zero-order valence-corrected chi connectivity index (χ0v) is 17.8. The molecule has 2 aliphatic heterocycles. The first kappa shape index (κ1) is 26.9. The zero-order valence-electron chi connectivity index (χ0n) is 17.8. The molecule has 0 radical (unpaired) electrons. The summed E-state index contributed by atoms with van der Waals surface area (Å²) in [5, 5.41) is 2.36. The topological polar surface area (TPSA) is 52.6 Å². The summed E-state index contributed by atoms with van der Waals surface area (Å²) < 4.78 is 9.50. The number of hydrogen-bond donors (Lipinski definition) is 1. The van der Waals surface area contributed by atoms with Crippen LogP contribution in [0.2, 0.25) is 0 Å². The summed E-state index contributed by atoms with van der Waals surface area (Å²) in [6, 6.07) is 7.75. The summed E-state index contributed by atoms with van der Waals surface area (Å²) in [7, 11) is 0.500. The molecule has 2 fully saturated rings. The van der Waals surface area contributed by atoms with E-state index >= 15 is 0 Å². The number of carbonyl (C=O) groups is 2. The van der Waals surface area contributed by atoms with Gasteiger partial charge in [-0.3, -0.25) is 19.4 Å². The average molecular weight is 412 g/mol. The third-order valence-electron chi connectivity index (χ3n) is 4.75. The van der Waals surface area contributed by atoms with Crippen LogP contribution in [0.15, 0.2) is 24.3 Å². The first-order valence-corrected chi connectivity index (χ1v) is 10.4. The number of anilines is 2. The standard InChI is InChI=1S/C18H25N3O2.C3H8.CH3F.CH4.H2/c1-2-3-4-5-14-12-20(13-14)15-6-8-16(9-7-15)21-11-10-17(22)19-18(21)23;1-3-2;1-2;;/h6-9,14H,2-5,10-13H2,1H3,(H,19,22,23);3H2,1-2H3;1H3;1H4;1H. The summed E-state index contributed by atoms with van der Waals surface area (Å²) in [6.45, 7) is 9.23. The van der Waals surface area contributed by atoms with Gasteiger partial charge < -0.3 is 4.90 Å². The van der Waals surface area contributed by atoms with E-state index in [1.807, 2.05) is 12.1 Å². The van der Waals surface area contributed by atoms with Crippen molar-refractivity contribution in [1.29, 1.82) is 0 Å². The van der Waals surface area contributed by atoms with Gasteiger partial charge in [0.15, 0.2) is 0 Å². The van der Waals surface area contributed by atoms with E-state index in [0.29, 0.717) is 20.1 Å². The molecule has 168 valence electrons. The Morgan fingerprint density at radius 2 is 1.59 bits per heavy atom. The number of nitrogens with one attached hydrogen (secondary N) is 1. The van der Waals surface area contributed by atoms with E-state index in [0.717, 1.165) is 24.7 Å². The minimum atomic E-state index is -0.325. The number of benzene rings is 1. The van der Waals surface area contributed by atoms with E-state index in [2.05, 4.69) is 43.1 Å². The molecule has 5 nitrogen and oxygen atoms in total. The van der Waals surface area contributed by atoms with Gasteiger partial charge in [0.2, 0.25) is 5.91 Å². The van der Waals surface area contributed by atoms with Crippen molar-refractivity contribution >= 4 is 23.3 Å². The molecule has 3 rings (SSSR count). The second-order valence-electron chi connectivity index (χ2n) is 7.25. The van der Waals surface area contributed by atoms with Crippen LogP contribution < -0.4 is 15.1 Å². The average Bonchev–Trinajstić information content (AvgIpc) is 2.66. The van der Waals surface area contributed by atoms with E-state index < -0.39 is 0 Å². The summed E-state index contributed by atoms with van der Waals surface area (Å²) in [4.78, 5) is 27.1. The Hall–Kier alpha value is -2.11. The molecule has 3 amide bonds. The molecule has 6 heteroatoms. The van der Waals surface area contributed by atoms with Crippen molar-refractivity contribution in [2.45, 2.75) is 66.7 Å². The van der Waals surface area contributed by atoms with E-state index in [-0.39, 0.29) is 20.8 Å². The predicted octanol–water partition coefficient (Wildman–Crippen LogP) is 6.03. The van der Waals surface area contributed by atoms with E-state index in [1.54, 1.807) is 4.90 Å². The van der Waals surface area contributed by atoms with Gasteiger partial charge in [-0.05, 0) is 36.6 Å². The lowest BCUT2D eigenvalue weighted by atomic mass is 9.93. The molecule has 1 N–H and O–H groups in total. The van der Waals surface area contributed by atoms with Crippen LogP contribution in [-0.2, 0) is 4.79 Å². The molecule has 0 unspecified atom stereocenters.